The molecule has 0 unspecified atom stereocenters. The highest BCUT2D eigenvalue weighted by atomic mass is 35.5. The predicted molar refractivity (Wildman–Crippen MR) is 103 cm³/mol. The van der Waals surface area contributed by atoms with E-state index in [9.17, 15) is 18.0 Å². The maximum absolute atomic E-state index is 12.3. The smallest absolute Gasteiger partial charge is 0.340 e. The summed E-state index contributed by atoms with van der Waals surface area (Å²) in [6.07, 6.45) is 1.43. The average Bonchev–Trinajstić information content (AvgIpc) is 2.67. The predicted octanol–water partition coefficient (Wildman–Crippen LogP) is 2.27. The lowest BCUT2D eigenvalue weighted by molar-refractivity contribution is 0.0467. The average molecular weight is 442 g/mol. The highest BCUT2D eigenvalue weighted by molar-refractivity contribution is 7.89. The van der Waals surface area contributed by atoms with Gasteiger partial charge in [0.15, 0.2) is 0 Å². The summed E-state index contributed by atoms with van der Waals surface area (Å²) in [7, 11) is -2.51. The Balaban J connectivity index is 1.85. The fraction of sp³-hybridized carbons (Fsp3) is 0.118. The van der Waals surface area contributed by atoms with Crippen molar-refractivity contribution in [2.45, 2.75) is 11.5 Å². The number of hydrogen-bond donors (Lipinski definition) is 1. The number of sulfonamides is 1. The minimum Gasteiger partial charge on any atom is -0.456 e. The van der Waals surface area contributed by atoms with Crippen molar-refractivity contribution >= 4 is 44.8 Å². The molecule has 0 amide bonds. The van der Waals surface area contributed by atoms with Crippen LogP contribution in [0.4, 0.5) is 0 Å². The molecule has 2 heterocycles. The van der Waals surface area contributed by atoms with E-state index in [4.69, 9.17) is 27.9 Å². The number of esters is 1. The zero-order valence-corrected chi connectivity index (χ0v) is 16.7. The molecule has 0 aliphatic rings. The van der Waals surface area contributed by atoms with Crippen LogP contribution in [-0.4, -0.2) is 30.8 Å². The Morgan fingerprint density at radius 2 is 1.96 bits per heavy atom. The van der Waals surface area contributed by atoms with Crippen molar-refractivity contribution in [3.8, 4) is 0 Å². The van der Waals surface area contributed by atoms with E-state index >= 15 is 0 Å². The van der Waals surface area contributed by atoms with Gasteiger partial charge in [-0.15, -0.1) is 0 Å². The Kier molecular flexibility index (Phi) is 5.71. The van der Waals surface area contributed by atoms with Gasteiger partial charge in [-0.25, -0.2) is 22.9 Å². The number of benzene rings is 1. The van der Waals surface area contributed by atoms with Crippen LogP contribution in [0, 0.1) is 0 Å². The summed E-state index contributed by atoms with van der Waals surface area (Å²) in [6, 6.07) is 8.00. The van der Waals surface area contributed by atoms with Crippen molar-refractivity contribution in [1.82, 2.24) is 14.1 Å². The fourth-order valence-corrected chi connectivity index (χ4v) is 3.47. The first kappa shape index (κ1) is 20.3. The molecule has 2 aromatic heterocycles. The first-order chi connectivity index (χ1) is 13.2. The maximum atomic E-state index is 12.3. The van der Waals surface area contributed by atoms with Gasteiger partial charge in [0.05, 0.1) is 26.2 Å². The second kappa shape index (κ2) is 7.88. The van der Waals surface area contributed by atoms with Crippen LogP contribution >= 0.6 is 23.2 Å². The number of pyridine rings is 1. The first-order valence-electron chi connectivity index (χ1n) is 7.79. The maximum Gasteiger partial charge on any atom is 0.340 e. The molecule has 0 fully saturated rings. The fourth-order valence-electron chi connectivity index (χ4n) is 2.36. The van der Waals surface area contributed by atoms with E-state index in [0.717, 1.165) is 6.07 Å². The summed E-state index contributed by atoms with van der Waals surface area (Å²) in [5.74, 6) is -0.851. The van der Waals surface area contributed by atoms with Crippen molar-refractivity contribution in [3.63, 3.8) is 0 Å². The lowest BCUT2D eigenvalue weighted by atomic mass is 10.2. The van der Waals surface area contributed by atoms with E-state index < -0.39 is 21.6 Å². The highest BCUT2D eigenvalue weighted by Gasteiger charge is 2.19. The molecule has 3 rings (SSSR count). The second-order valence-electron chi connectivity index (χ2n) is 5.59. The molecule has 0 bridgehead atoms. The zero-order chi connectivity index (χ0) is 20.5. The van der Waals surface area contributed by atoms with E-state index in [-0.39, 0.29) is 27.8 Å². The Morgan fingerprint density at radius 1 is 1.21 bits per heavy atom. The van der Waals surface area contributed by atoms with Crippen LogP contribution in [0.1, 0.15) is 16.1 Å². The van der Waals surface area contributed by atoms with Gasteiger partial charge in [-0.2, -0.15) is 0 Å². The number of carbonyl (C=O) groups is 1. The van der Waals surface area contributed by atoms with Crippen molar-refractivity contribution < 1.29 is 17.9 Å². The first-order valence-corrected chi connectivity index (χ1v) is 10.0. The van der Waals surface area contributed by atoms with Crippen LogP contribution in [-0.2, 0) is 21.4 Å². The Bertz CT molecular complexity index is 1240. The lowest BCUT2D eigenvalue weighted by Gasteiger charge is -2.09. The molecule has 3 aromatic rings. The zero-order valence-electron chi connectivity index (χ0n) is 14.3. The van der Waals surface area contributed by atoms with Crippen LogP contribution in [0.15, 0.2) is 52.3 Å². The molecule has 0 saturated carbocycles. The van der Waals surface area contributed by atoms with Gasteiger partial charge >= 0.3 is 5.97 Å². The molecule has 11 heteroatoms. The topological polar surface area (TPSA) is 107 Å². The summed E-state index contributed by atoms with van der Waals surface area (Å²) in [4.78, 5) is 28.6. The number of ether oxygens (including phenoxy) is 1. The molecule has 0 saturated heterocycles. The third kappa shape index (κ3) is 4.17. The molecule has 1 N–H and O–H groups in total. The number of fused-ring (bicyclic) bond motifs is 1. The van der Waals surface area contributed by atoms with E-state index in [0.29, 0.717) is 10.7 Å². The SMILES string of the molecule is CNS(=O)(=O)c1ccc(Cl)c(C(=O)OCc2cc(=O)n3cc(Cl)ccc3n2)c1. The van der Waals surface area contributed by atoms with Crippen LogP contribution in [0.5, 0.6) is 0 Å². The monoisotopic (exact) mass is 441 g/mol. The van der Waals surface area contributed by atoms with Gasteiger partial charge in [0.25, 0.3) is 5.56 Å². The summed E-state index contributed by atoms with van der Waals surface area (Å²) in [6.45, 7) is -0.299. The van der Waals surface area contributed by atoms with Crippen molar-refractivity contribution in [1.29, 1.82) is 0 Å². The van der Waals surface area contributed by atoms with Crippen molar-refractivity contribution in [2.24, 2.45) is 0 Å². The van der Waals surface area contributed by atoms with Crippen LogP contribution in [0.25, 0.3) is 5.65 Å². The molecule has 0 atom stereocenters. The number of nitrogens with one attached hydrogen (secondary N) is 1. The second-order valence-corrected chi connectivity index (χ2v) is 8.32. The van der Waals surface area contributed by atoms with Crippen molar-refractivity contribution in [2.75, 3.05) is 7.05 Å². The van der Waals surface area contributed by atoms with Gasteiger partial charge in [0, 0.05) is 12.3 Å². The standard InChI is InChI=1S/C17H13Cl2N3O5S/c1-20-28(25,26)12-3-4-14(19)13(7-12)17(24)27-9-11-6-16(23)22-8-10(18)2-5-15(22)21-11/h2-8,20H,9H2,1H3. The molecule has 28 heavy (non-hydrogen) atoms. The molecule has 8 nitrogen and oxygen atoms in total. The largest absolute Gasteiger partial charge is 0.456 e. The molecule has 146 valence electrons. The Labute approximate surface area is 169 Å². The summed E-state index contributed by atoms with van der Waals surface area (Å²) < 4.78 is 32.3. The van der Waals surface area contributed by atoms with E-state index in [2.05, 4.69) is 9.71 Å². The highest BCUT2D eigenvalue weighted by Crippen LogP contribution is 2.21. The minimum absolute atomic E-state index is 0.0289. The van der Waals surface area contributed by atoms with Crippen LogP contribution < -0.4 is 10.3 Å². The number of nitrogens with zero attached hydrogens (tertiary/aromatic N) is 2. The van der Waals surface area contributed by atoms with E-state index in [1.165, 1.54) is 35.8 Å². The number of hydrogen-bond acceptors (Lipinski definition) is 6. The summed E-state index contributed by atoms with van der Waals surface area (Å²) in [5, 5.41) is 0.405. The summed E-state index contributed by atoms with van der Waals surface area (Å²) >= 11 is 11.8. The van der Waals surface area contributed by atoms with Gasteiger partial charge < -0.3 is 4.74 Å². The normalized spacial score (nSPS) is 11.5. The van der Waals surface area contributed by atoms with Gasteiger partial charge in [-0.05, 0) is 37.4 Å². The molecule has 0 spiro atoms. The minimum atomic E-state index is -3.76. The van der Waals surface area contributed by atoms with Gasteiger partial charge in [-0.1, -0.05) is 23.2 Å². The number of halogens is 2. The molecule has 0 radical (unpaired) electrons. The third-order valence-electron chi connectivity index (χ3n) is 3.76. The third-order valence-corrected chi connectivity index (χ3v) is 5.73. The van der Waals surface area contributed by atoms with Gasteiger partial charge in [0.1, 0.15) is 12.3 Å². The van der Waals surface area contributed by atoms with E-state index in [1.54, 1.807) is 12.1 Å². The van der Waals surface area contributed by atoms with Crippen LogP contribution in [0.2, 0.25) is 10.0 Å². The quantitative estimate of drug-likeness (QED) is 0.608. The summed E-state index contributed by atoms with van der Waals surface area (Å²) in [5.41, 5.74) is 0.0415. The van der Waals surface area contributed by atoms with Gasteiger partial charge in [-0.3, -0.25) is 9.20 Å². The molecular formula is C17H13Cl2N3O5S. The van der Waals surface area contributed by atoms with Gasteiger partial charge in [0.2, 0.25) is 10.0 Å². The number of aromatic nitrogens is 2. The molecule has 0 aliphatic carbocycles. The Hall–Kier alpha value is -2.46. The molecule has 1 aromatic carbocycles. The molecular weight excluding hydrogens is 429 g/mol. The number of carbonyl (C=O) groups excluding carboxylic acids is 1. The lowest BCUT2D eigenvalue weighted by Crippen LogP contribution is -2.19. The number of rotatable bonds is 5. The molecule has 0 aliphatic heterocycles. The van der Waals surface area contributed by atoms with Crippen molar-refractivity contribution in [3.05, 3.63) is 74.3 Å². The Morgan fingerprint density at radius 3 is 2.68 bits per heavy atom. The van der Waals surface area contributed by atoms with E-state index in [1.807, 2.05) is 0 Å². The van der Waals surface area contributed by atoms with Crippen LogP contribution in [0.3, 0.4) is 0 Å².